The number of unbranched alkanes of at least 4 members (excludes halogenated alkanes) is 1. The summed E-state index contributed by atoms with van der Waals surface area (Å²) in [6.07, 6.45) is 2.41. The summed E-state index contributed by atoms with van der Waals surface area (Å²) >= 11 is 0. The van der Waals surface area contributed by atoms with E-state index in [1.165, 1.54) is 0 Å². The molecule has 1 atom stereocenters. The van der Waals surface area contributed by atoms with Gasteiger partial charge in [-0.15, -0.1) is 0 Å². The summed E-state index contributed by atoms with van der Waals surface area (Å²) in [7, 11) is 0. The lowest BCUT2D eigenvalue weighted by molar-refractivity contribution is -0.122. The topological polar surface area (TPSA) is 68.0 Å². The number of rotatable bonds is 6. The maximum absolute atomic E-state index is 11.7. The van der Waals surface area contributed by atoms with Crippen molar-refractivity contribution in [3.8, 4) is 11.4 Å². The highest BCUT2D eigenvalue weighted by atomic mass is 16.5. The van der Waals surface area contributed by atoms with Crippen LogP contribution in [0.5, 0.6) is 0 Å². The van der Waals surface area contributed by atoms with Crippen molar-refractivity contribution in [2.24, 2.45) is 0 Å². The van der Waals surface area contributed by atoms with Crippen molar-refractivity contribution in [3.05, 3.63) is 35.7 Å². The summed E-state index contributed by atoms with van der Waals surface area (Å²) < 4.78 is 5.27. The highest BCUT2D eigenvalue weighted by molar-refractivity contribution is 5.76. The number of hydrogen-bond acceptors (Lipinski definition) is 4. The van der Waals surface area contributed by atoms with Gasteiger partial charge in [-0.1, -0.05) is 42.8 Å². The summed E-state index contributed by atoms with van der Waals surface area (Å²) in [5.41, 5.74) is 2.03. The molecule has 5 heteroatoms. The summed E-state index contributed by atoms with van der Waals surface area (Å²) in [5.74, 6) is 0.996. The Morgan fingerprint density at radius 3 is 2.86 bits per heavy atom. The van der Waals surface area contributed by atoms with Gasteiger partial charge in [-0.25, -0.2) is 0 Å². The molecule has 0 aliphatic heterocycles. The van der Waals surface area contributed by atoms with Crippen molar-refractivity contribution in [2.45, 2.75) is 46.1 Å². The Hall–Kier alpha value is -2.17. The molecule has 2 rings (SSSR count). The van der Waals surface area contributed by atoms with Gasteiger partial charge in [0, 0.05) is 12.0 Å². The van der Waals surface area contributed by atoms with Crippen molar-refractivity contribution in [1.29, 1.82) is 0 Å². The quantitative estimate of drug-likeness (QED) is 0.884. The fraction of sp³-hybridized carbons (Fsp3) is 0.438. The number of aromatic nitrogens is 2. The van der Waals surface area contributed by atoms with Crippen LogP contribution < -0.4 is 5.32 Å². The van der Waals surface area contributed by atoms with Crippen molar-refractivity contribution < 1.29 is 9.32 Å². The van der Waals surface area contributed by atoms with Crippen molar-refractivity contribution in [2.75, 3.05) is 0 Å². The lowest BCUT2D eigenvalue weighted by atomic mass is 10.1. The summed E-state index contributed by atoms with van der Waals surface area (Å²) in [6, 6.07) is 7.58. The van der Waals surface area contributed by atoms with Gasteiger partial charge in [0.25, 0.3) is 0 Å². The lowest BCUT2D eigenvalue weighted by Crippen LogP contribution is -2.26. The second-order valence-corrected chi connectivity index (χ2v) is 5.16. The van der Waals surface area contributed by atoms with E-state index in [4.69, 9.17) is 4.52 Å². The van der Waals surface area contributed by atoms with E-state index in [1.54, 1.807) is 0 Å². The third-order valence-corrected chi connectivity index (χ3v) is 3.33. The van der Waals surface area contributed by atoms with E-state index in [9.17, 15) is 4.79 Å². The molecule has 0 aliphatic rings. The van der Waals surface area contributed by atoms with E-state index in [1.807, 2.05) is 38.1 Å². The van der Waals surface area contributed by atoms with E-state index >= 15 is 0 Å². The van der Waals surface area contributed by atoms with Crippen molar-refractivity contribution >= 4 is 5.91 Å². The molecule has 0 fully saturated rings. The smallest absolute Gasteiger partial charge is 0.249 e. The Bertz CT molecular complexity index is 607. The zero-order valence-corrected chi connectivity index (χ0v) is 12.7. The van der Waals surface area contributed by atoms with E-state index in [2.05, 4.69) is 22.4 Å². The molecule has 1 N–H and O–H groups in total. The predicted molar refractivity (Wildman–Crippen MR) is 80.6 cm³/mol. The molecule has 2 aromatic rings. The molecule has 0 radical (unpaired) electrons. The summed E-state index contributed by atoms with van der Waals surface area (Å²) in [5, 5.41) is 6.88. The molecule has 5 nitrogen and oxygen atoms in total. The van der Waals surface area contributed by atoms with Crippen LogP contribution in [0.15, 0.2) is 28.8 Å². The molecule has 1 amide bonds. The largest absolute Gasteiger partial charge is 0.345 e. The zero-order valence-electron chi connectivity index (χ0n) is 12.7. The van der Waals surface area contributed by atoms with Crippen LogP contribution in [-0.4, -0.2) is 16.0 Å². The molecule has 112 valence electrons. The van der Waals surface area contributed by atoms with Gasteiger partial charge in [-0.05, 0) is 25.8 Å². The van der Waals surface area contributed by atoms with Crippen LogP contribution in [0, 0.1) is 6.92 Å². The number of aryl methyl sites for hydroxylation is 1. The van der Waals surface area contributed by atoms with Gasteiger partial charge in [-0.2, -0.15) is 4.98 Å². The van der Waals surface area contributed by atoms with Crippen LogP contribution >= 0.6 is 0 Å². The number of hydrogen-bond donors (Lipinski definition) is 1. The maximum atomic E-state index is 11.7. The second kappa shape index (κ2) is 7.02. The fourth-order valence-electron chi connectivity index (χ4n) is 2.06. The number of nitrogens with one attached hydrogen (secondary N) is 1. The molecule has 1 unspecified atom stereocenters. The summed E-state index contributed by atoms with van der Waals surface area (Å²) in [4.78, 5) is 16.1. The molecule has 0 aliphatic carbocycles. The van der Waals surface area contributed by atoms with E-state index in [0.717, 1.165) is 24.0 Å². The Morgan fingerprint density at radius 1 is 1.38 bits per heavy atom. The van der Waals surface area contributed by atoms with Crippen LogP contribution in [-0.2, 0) is 4.79 Å². The molecule has 0 saturated heterocycles. The van der Waals surface area contributed by atoms with E-state index in [0.29, 0.717) is 18.1 Å². The van der Waals surface area contributed by atoms with Crippen LogP contribution in [0.3, 0.4) is 0 Å². The van der Waals surface area contributed by atoms with Gasteiger partial charge >= 0.3 is 0 Å². The molecule has 1 aromatic carbocycles. The monoisotopic (exact) mass is 287 g/mol. The highest BCUT2D eigenvalue weighted by Crippen LogP contribution is 2.21. The van der Waals surface area contributed by atoms with E-state index in [-0.39, 0.29) is 11.9 Å². The second-order valence-electron chi connectivity index (χ2n) is 5.16. The molecule has 21 heavy (non-hydrogen) atoms. The van der Waals surface area contributed by atoms with Gasteiger partial charge in [0.05, 0.1) is 0 Å². The van der Waals surface area contributed by atoms with Gasteiger partial charge in [-0.3, -0.25) is 4.79 Å². The Balaban J connectivity index is 2.06. The average Bonchev–Trinajstić information content (AvgIpc) is 2.95. The molecular formula is C16H21N3O2. The summed E-state index contributed by atoms with van der Waals surface area (Å²) in [6.45, 7) is 5.91. The molecular weight excluding hydrogens is 266 g/mol. The predicted octanol–water partition coefficient (Wildman–Crippen LogP) is 3.41. The Kier molecular flexibility index (Phi) is 5.09. The third kappa shape index (κ3) is 3.90. The van der Waals surface area contributed by atoms with Crippen molar-refractivity contribution in [1.82, 2.24) is 15.5 Å². The van der Waals surface area contributed by atoms with Crippen LogP contribution in [0.2, 0.25) is 0 Å². The minimum atomic E-state index is -0.278. The highest BCUT2D eigenvalue weighted by Gasteiger charge is 2.17. The normalized spacial score (nSPS) is 12.1. The standard InChI is InChI=1S/C16H21N3O2/c1-4-5-10-14(20)17-12(3)16-18-15(19-21-16)13-9-7-6-8-11(13)2/h6-9,12H,4-5,10H2,1-3H3,(H,17,20). The number of benzene rings is 1. The maximum Gasteiger partial charge on any atom is 0.249 e. The number of carbonyl (C=O) groups excluding carboxylic acids is 1. The zero-order chi connectivity index (χ0) is 15.2. The van der Waals surface area contributed by atoms with Gasteiger partial charge < -0.3 is 9.84 Å². The first kappa shape index (κ1) is 15.2. The van der Waals surface area contributed by atoms with Gasteiger partial charge in [0.1, 0.15) is 6.04 Å². The number of amides is 1. The van der Waals surface area contributed by atoms with Gasteiger partial charge in [0.2, 0.25) is 17.6 Å². The van der Waals surface area contributed by atoms with Gasteiger partial charge in [0.15, 0.2) is 0 Å². The first-order valence-corrected chi connectivity index (χ1v) is 7.30. The van der Waals surface area contributed by atoms with Crippen LogP contribution in [0.4, 0.5) is 0 Å². The molecule has 0 saturated carbocycles. The number of nitrogens with zero attached hydrogens (tertiary/aromatic N) is 2. The van der Waals surface area contributed by atoms with Crippen LogP contribution in [0.25, 0.3) is 11.4 Å². The molecule has 1 aromatic heterocycles. The first-order chi connectivity index (χ1) is 10.1. The lowest BCUT2D eigenvalue weighted by Gasteiger charge is -2.08. The molecule has 1 heterocycles. The SMILES string of the molecule is CCCCC(=O)NC(C)c1nc(-c2ccccc2C)no1. The molecule has 0 bridgehead atoms. The first-order valence-electron chi connectivity index (χ1n) is 7.30. The minimum Gasteiger partial charge on any atom is -0.345 e. The Labute approximate surface area is 124 Å². The third-order valence-electron chi connectivity index (χ3n) is 3.33. The van der Waals surface area contributed by atoms with Crippen molar-refractivity contribution in [3.63, 3.8) is 0 Å². The number of carbonyl (C=O) groups is 1. The van der Waals surface area contributed by atoms with Crippen LogP contribution in [0.1, 0.15) is 50.6 Å². The van der Waals surface area contributed by atoms with E-state index < -0.39 is 0 Å². The molecule has 0 spiro atoms. The average molecular weight is 287 g/mol. The Morgan fingerprint density at radius 2 is 2.14 bits per heavy atom. The fourth-order valence-corrected chi connectivity index (χ4v) is 2.06. The minimum absolute atomic E-state index is 0.0139.